The van der Waals surface area contributed by atoms with Gasteiger partial charge in [0.1, 0.15) is 5.75 Å². The summed E-state index contributed by atoms with van der Waals surface area (Å²) in [5.74, 6) is 3.44. The van der Waals surface area contributed by atoms with Crippen molar-refractivity contribution in [2.75, 3.05) is 6.61 Å². The molecule has 1 saturated carbocycles. The van der Waals surface area contributed by atoms with Crippen LogP contribution in [0.25, 0.3) is 11.4 Å². The van der Waals surface area contributed by atoms with Gasteiger partial charge < -0.3 is 4.74 Å². The van der Waals surface area contributed by atoms with E-state index in [-0.39, 0.29) is 0 Å². The van der Waals surface area contributed by atoms with E-state index in [0.29, 0.717) is 0 Å². The molecule has 0 amide bonds. The van der Waals surface area contributed by atoms with Crippen LogP contribution < -0.4 is 4.74 Å². The lowest BCUT2D eigenvalue weighted by Gasteiger charge is -2.28. The Morgan fingerprint density at radius 3 is 2.06 bits per heavy atom. The number of nitrogens with zero attached hydrogens (tertiary/aromatic N) is 2. The highest BCUT2D eigenvalue weighted by atomic mass is 16.5. The van der Waals surface area contributed by atoms with E-state index in [1.807, 2.05) is 12.4 Å². The standard InChI is InChI=1S/C29H44N2O/c1-3-5-7-8-10-11-24-13-15-25(16-14-24)23-32-28-19-17-27(18-20-28)29-30-21-26(22-31-29)12-9-6-4-2/h17-22,24-25H,3-16,23H2,1-2H3. The third kappa shape index (κ3) is 8.56. The average molecular weight is 437 g/mol. The monoisotopic (exact) mass is 436 g/mol. The lowest BCUT2D eigenvalue weighted by atomic mass is 9.80. The van der Waals surface area contributed by atoms with E-state index in [4.69, 9.17) is 4.74 Å². The molecule has 1 fully saturated rings. The van der Waals surface area contributed by atoms with Crippen molar-refractivity contribution in [3.63, 3.8) is 0 Å². The van der Waals surface area contributed by atoms with Gasteiger partial charge in [0.05, 0.1) is 6.61 Å². The van der Waals surface area contributed by atoms with Gasteiger partial charge >= 0.3 is 0 Å². The zero-order valence-corrected chi connectivity index (χ0v) is 20.5. The molecule has 3 rings (SSSR count). The van der Waals surface area contributed by atoms with Crippen LogP contribution in [-0.4, -0.2) is 16.6 Å². The lowest BCUT2D eigenvalue weighted by molar-refractivity contribution is 0.177. The normalized spacial score (nSPS) is 18.6. The molecule has 1 heterocycles. The maximum absolute atomic E-state index is 6.13. The molecule has 1 aromatic heterocycles. The number of aryl methyl sites for hydroxylation is 1. The Kier molecular flexibility index (Phi) is 11.0. The van der Waals surface area contributed by atoms with Crippen LogP contribution in [0.3, 0.4) is 0 Å². The first-order valence-corrected chi connectivity index (χ1v) is 13.3. The molecule has 1 aromatic carbocycles. The summed E-state index contributed by atoms with van der Waals surface area (Å²) in [6.45, 7) is 5.38. The van der Waals surface area contributed by atoms with Gasteiger partial charge in [0, 0.05) is 18.0 Å². The highest BCUT2D eigenvalue weighted by Crippen LogP contribution is 2.32. The predicted octanol–water partition coefficient (Wildman–Crippen LogP) is 8.42. The van der Waals surface area contributed by atoms with E-state index >= 15 is 0 Å². The number of unbranched alkanes of at least 4 members (excludes halogenated alkanes) is 6. The summed E-state index contributed by atoms with van der Waals surface area (Å²) in [5, 5.41) is 0. The van der Waals surface area contributed by atoms with Gasteiger partial charge in [-0.1, -0.05) is 78.1 Å². The van der Waals surface area contributed by atoms with Gasteiger partial charge in [-0.2, -0.15) is 0 Å². The van der Waals surface area contributed by atoms with Crippen LogP contribution in [0, 0.1) is 11.8 Å². The van der Waals surface area contributed by atoms with Crippen molar-refractivity contribution in [1.82, 2.24) is 9.97 Å². The summed E-state index contributed by atoms with van der Waals surface area (Å²) >= 11 is 0. The first kappa shape index (κ1) is 24.7. The number of benzene rings is 1. The molecule has 0 radical (unpaired) electrons. The van der Waals surface area contributed by atoms with Crippen LogP contribution in [0.4, 0.5) is 0 Å². The zero-order valence-electron chi connectivity index (χ0n) is 20.5. The first-order valence-electron chi connectivity index (χ1n) is 13.3. The van der Waals surface area contributed by atoms with Gasteiger partial charge in [0.15, 0.2) is 5.82 Å². The summed E-state index contributed by atoms with van der Waals surface area (Å²) in [5.41, 5.74) is 2.28. The molecular weight excluding hydrogens is 392 g/mol. The van der Waals surface area contributed by atoms with Crippen LogP contribution in [0.15, 0.2) is 36.7 Å². The van der Waals surface area contributed by atoms with Crippen LogP contribution in [-0.2, 0) is 6.42 Å². The Balaban J connectivity index is 1.35. The van der Waals surface area contributed by atoms with E-state index in [2.05, 4.69) is 48.1 Å². The van der Waals surface area contributed by atoms with Gasteiger partial charge in [-0.15, -0.1) is 0 Å². The molecule has 0 N–H and O–H groups in total. The van der Waals surface area contributed by atoms with E-state index in [1.54, 1.807) is 0 Å². The molecule has 3 heteroatoms. The largest absolute Gasteiger partial charge is 0.493 e. The topological polar surface area (TPSA) is 35.0 Å². The first-order chi connectivity index (χ1) is 15.8. The van der Waals surface area contributed by atoms with Gasteiger partial charge in [0.25, 0.3) is 0 Å². The Morgan fingerprint density at radius 1 is 0.750 bits per heavy atom. The third-order valence-corrected chi connectivity index (χ3v) is 7.05. The van der Waals surface area contributed by atoms with E-state index < -0.39 is 0 Å². The molecule has 2 aromatic rings. The third-order valence-electron chi connectivity index (χ3n) is 7.05. The molecule has 1 aliphatic carbocycles. The van der Waals surface area contributed by atoms with Gasteiger partial charge in [0.2, 0.25) is 0 Å². The summed E-state index contributed by atoms with van der Waals surface area (Å²) in [6.07, 6.45) is 22.7. The lowest BCUT2D eigenvalue weighted by Crippen LogP contribution is -2.20. The molecule has 32 heavy (non-hydrogen) atoms. The van der Waals surface area contributed by atoms with Crippen LogP contribution in [0.5, 0.6) is 5.75 Å². The van der Waals surface area contributed by atoms with Gasteiger partial charge in [-0.3, -0.25) is 0 Å². The Bertz CT molecular complexity index is 733. The second kappa shape index (κ2) is 14.3. The fraction of sp³-hybridized carbons (Fsp3) is 0.655. The second-order valence-corrected chi connectivity index (χ2v) is 9.80. The van der Waals surface area contributed by atoms with Crippen molar-refractivity contribution >= 4 is 0 Å². The van der Waals surface area contributed by atoms with E-state index in [9.17, 15) is 0 Å². The van der Waals surface area contributed by atoms with Crippen LogP contribution in [0.2, 0.25) is 0 Å². The van der Waals surface area contributed by atoms with Crippen molar-refractivity contribution in [2.45, 2.75) is 104 Å². The maximum Gasteiger partial charge on any atom is 0.159 e. The summed E-state index contributed by atoms with van der Waals surface area (Å²) in [6, 6.07) is 8.29. The number of aromatic nitrogens is 2. The molecule has 3 nitrogen and oxygen atoms in total. The zero-order chi connectivity index (χ0) is 22.4. The molecule has 0 unspecified atom stereocenters. The average Bonchev–Trinajstić information content (AvgIpc) is 2.84. The number of hydrogen-bond acceptors (Lipinski definition) is 3. The Labute approximate surface area is 196 Å². The molecule has 0 aliphatic heterocycles. The van der Waals surface area contributed by atoms with E-state index in [0.717, 1.165) is 42.0 Å². The molecule has 176 valence electrons. The van der Waals surface area contributed by atoms with Crippen molar-refractivity contribution in [3.05, 3.63) is 42.2 Å². The highest BCUT2D eigenvalue weighted by molar-refractivity contribution is 5.55. The predicted molar refractivity (Wildman–Crippen MR) is 135 cm³/mol. The van der Waals surface area contributed by atoms with Crippen molar-refractivity contribution < 1.29 is 4.74 Å². The van der Waals surface area contributed by atoms with Crippen molar-refractivity contribution in [2.24, 2.45) is 11.8 Å². The van der Waals surface area contributed by atoms with Crippen molar-refractivity contribution in [1.29, 1.82) is 0 Å². The minimum absolute atomic E-state index is 0.717. The number of rotatable bonds is 14. The van der Waals surface area contributed by atoms with Gasteiger partial charge in [-0.05, 0) is 67.3 Å². The summed E-state index contributed by atoms with van der Waals surface area (Å²) < 4.78 is 6.13. The molecule has 0 saturated heterocycles. The minimum Gasteiger partial charge on any atom is -0.493 e. The molecule has 0 atom stereocenters. The fourth-order valence-electron chi connectivity index (χ4n) is 4.85. The Morgan fingerprint density at radius 2 is 1.38 bits per heavy atom. The maximum atomic E-state index is 6.13. The molecule has 0 bridgehead atoms. The van der Waals surface area contributed by atoms with Crippen LogP contribution in [0.1, 0.15) is 103 Å². The molecule has 0 spiro atoms. The molecular formula is C29H44N2O. The summed E-state index contributed by atoms with van der Waals surface area (Å²) in [4.78, 5) is 9.14. The Hall–Kier alpha value is -1.90. The molecule has 1 aliphatic rings. The quantitative estimate of drug-likeness (QED) is 0.279. The van der Waals surface area contributed by atoms with E-state index in [1.165, 1.54) is 89.0 Å². The van der Waals surface area contributed by atoms with Gasteiger partial charge in [-0.25, -0.2) is 9.97 Å². The fourth-order valence-corrected chi connectivity index (χ4v) is 4.85. The number of ether oxygens (including phenoxy) is 1. The SMILES string of the molecule is CCCCCCCC1CCC(COc2ccc(-c3ncc(CCCCC)cn3)cc2)CC1. The van der Waals surface area contributed by atoms with Crippen molar-refractivity contribution in [3.8, 4) is 17.1 Å². The summed E-state index contributed by atoms with van der Waals surface area (Å²) in [7, 11) is 0. The highest BCUT2D eigenvalue weighted by Gasteiger charge is 2.21. The number of hydrogen-bond donors (Lipinski definition) is 0. The minimum atomic E-state index is 0.717. The smallest absolute Gasteiger partial charge is 0.159 e. The second-order valence-electron chi connectivity index (χ2n) is 9.80. The van der Waals surface area contributed by atoms with Crippen LogP contribution >= 0.6 is 0 Å².